The van der Waals surface area contributed by atoms with Gasteiger partial charge in [0.15, 0.2) is 5.82 Å². The third-order valence-corrected chi connectivity index (χ3v) is 4.67. The van der Waals surface area contributed by atoms with Crippen molar-refractivity contribution in [2.24, 2.45) is 0 Å². The second-order valence-electron chi connectivity index (χ2n) is 6.95. The molecule has 0 aliphatic rings. The zero-order valence-corrected chi connectivity index (χ0v) is 16.6. The minimum absolute atomic E-state index is 0.142. The van der Waals surface area contributed by atoms with Gasteiger partial charge in [-0.2, -0.15) is 4.98 Å². The molecule has 0 fully saturated rings. The van der Waals surface area contributed by atoms with Crippen LogP contribution in [0.3, 0.4) is 0 Å². The fourth-order valence-electron chi connectivity index (χ4n) is 3.02. The van der Waals surface area contributed by atoms with Gasteiger partial charge in [0.1, 0.15) is 0 Å². The molecule has 4 aromatic rings. The summed E-state index contributed by atoms with van der Waals surface area (Å²) in [5, 5.41) is 10.2. The average Bonchev–Trinajstić information content (AvgIpc) is 3.27. The van der Waals surface area contributed by atoms with Gasteiger partial charge in [0.2, 0.25) is 0 Å². The number of para-hydroxylation sites is 1. The van der Waals surface area contributed by atoms with Gasteiger partial charge in [0, 0.05) is 17.8 Å². The summed E-state index contributed by atoms with van der Waals surface area (Å²) >= 11 is 0. The van der Waals surface area contributed by atoms with Crippen LogP contribution in [-0.2, 0) is 13.1 Å². The second-order valence-corrected chi connectivity index (χ2v) is 6.95. The van der Waals surface area contributed by atoms with Crippen LogP contribution < -0.4 is 10.6 Å². The molecule has 0 radical (unpaired) electrons. The van der Waals surface area contributed by atoms with Crippen LogP contribution in [0.5, 0.6) is 0 Å². The van der Waals surface area contributed by atoms with Gasteiger partial charge in [0.05, 0.1) is 12.1 Å². The third-order valence-electron chi connectivity index (χ3n) is 4.67. The van der Waals surface area contributed by atoms with Crippen molar-refractivity contribution in [1.29, 1.82) is 0 Å². The Labute approximate surface area is 175 Å². The maximum absolute atomic E-state index is 12.7. The smallest absolute Gasteiger partial charge is 0.257 e. The molecule has 6 nitrogen and oxygen atoms in total. The predicted octanol–water partition coefficient (Wildman–Crippen LogP) is 4.59. The lowest BCUT2D eigenvalue weighted by Gasteiger charge is -2.11. The molecule has 0 spiro atoms. The monoisotopic (exact) mass is 398 g/mol. The van der Waals surface area contributed by atoms with E-state index in [1.807, 2.05) is 79.7 Å². The highest BCUT2D eigenvalue weighted by atomic mass is 16.5. The van der Waals surface area contributed by atoms with Crippen molar-refractivity contribution < 1.29 is 9.32 Å². The lowest BCUT2D eigenvalue weighted by atomic mass is 10.1. The molecule has 0 aliphatic heterocycles. The van der Waals surface area contributed by atoms with Crippen LogP contribution in [0.25, 0.3) is 11.5 Å². The normalized spacial score (nSPS) is 10.6. The summed E-state index contributed by atoms with van der Waals surface area (Å²) in [4.78, 5) is 17.1. The number of carbonyl (C=O) groups is 1. The van der Waals surface area contributed by atoms with Crippen LogP contribution in [0.2, 0.25) is 0 Å². The zero-order chi connectivity index (χ0) is 20.8. The summed E-state index contributed by atoms with van der Waals surface area (Å²) in [6.07, 6.45) is 0. The second kappa shape index (κ2) is 9.05. The molecule has 1 amide bonds. The maximum atomic E-state index is 12.7. The highest BCUT2D eigenvalue weighted by molar-refractivity contribution is 5.99. The average molecular weight is 398 g/mol. The third kappa shape index (κ3) is 4.72. The highest BCUT2D eigenvalue weighted by Gasteiger charge is 2.12. The number of aromatic nitrogens is 2. The van der Waals surface area contributed by atoms with E-state index in [9.17, 15) is 4.79 Å². The number of nitrogens with zero attached hydrogens (tertiary/aromatic N) is 2. The molecule has 0 saturated carbocycles. The van der Waals surface area contributed by atoms with E-state index in [2.05, 4.69) is 20.8 Å². The van der Waals surface area contributed by atoms with E-state index in [0.717, 1.165) is 11.1 Å². The molecule has 4 rings (SSSR count). The molecular weight excluding hydrogens is 376 g/mol. The Morgan fingerprint density at radius 1 is 0.900 bits per heavy atom. The molecule has 150 valence electrons. The van der Waals surface area contributed by atoms with Crippen LogP contribution in [-0.4, -0.2) is 16.0 Å². The van der Waals surface area contributed by atoms with Gasteiger partial charge < -0.3 is 15.2 Å². The van der Waals surface area contributed by atoms with Crippen LogP contribution >= 0.6 is 0 Å². The largest absolute Gasteiger partial charge is 0.377 e. The number of benzene rings is 3. The van der Waals surface area contributed by atoms with Gasteiger partial charge in [-0.05, 0) is 36.8 Å². The topological polar surface area (TPSA) is 80.0 Å². The minimum Gasteiger partial charge on any atom is -0.377 e. The SMILES string of the molecule is Cc1ccc(CNC(=O)c2ccccc2NCc2noc(-c3ccccc3)n2)cc1. The first-order valence-corrected chi connectivity index (χ1v) is 9.74. The van der Waals surface area contributed by atoms with Gasteiger partial charge in [-0.25, -0.2) is 0 Å². The fourth-order valence-corrected chi connectivity index (χ4v) is 3.02. The number of nitrogens with one attached hydrogen (secondary N) is 2. The molecule has 2 N–H and O–H groups in total. The standard InChI is InChI=1S/C24H22N4O2/c1-17-11-13-18(14-12-17)15-26-23(29)20-9-5-6-10-21(20)25-16-22-27-24(30-28-22)19-7-3-2-4-8-19/h2-14,25H,15-16H2,1H3,(H,26,29). The van der Waals surface area contributed by atoms with Crippen molar-refractivity contribution in [3.05, 3.63) is 101 Å². The van der Waals surface area contributed by atoms with Crippen LogP contribution in [0, 0.1) is 6.92 Å². The van der Waals surface area contributed by atoms with Crippen LogP contribution in [0.4, 0.5) is 5.69 Å². The van der Waals surface area contributed by atoms with E-state index in [4.69, 9.17) is 4.52 Å². The molecular formula is C24H22N4O2. The lowest BCUT2D eigenvalue weighted by Crippen LogP contribution is -2.24. The Morgan fingerprint density at radius 3 is 2.43 bits per heavy atom. The summed E-state index contributed by atoms with van der Waals surface area (Å²) < 4.78 is 5.33. The number of amides is 1. The summed E-state index contributed by atoms with van der Waals surface area (Å²) in [5.41, 5.74) is 4.39. The van der Waals surface area contributed by atoms with Crippen LogP contribution in [0.1, 0.15) is 27.3 Å². The molecule has 0 unspecified atom stereocenters. The zero-order valence-electron chi connectivity index (χ0n) is 16.6. The Hall–Kier alpha value is -3.93. The van der Waals surface area contributed by atoms with E-state index in [0.29, 0.717) is 36.1 Å². The molecule has 1 heterocycles. The number of rotatable bonds is 7. The van der Waals surface area contributed by atoms with Gasteiger partial charge >= 0.3 is 0 Å². The minimum atomic E-state index is -0.142. The van der Waals surface area contributed by atoms with E-state index in [-0.39, 0.29) is 5.91 Å². The molecule has 1 aromatic heterocycles. The van der Waals surface area contributed by atoms with Gasteiger partial charge in [-0.1, -0.05) is 65.3 Å². The van der Waals surface area contributed by atoms with Gasteiger partial charge in [-0.15, -0.1) is 0 Å². The van der Waals surface area contributed by atoms with Crippen molar-refractivity contribution in [2.45, 2.75) is 20.0 Å². The first-order chi connectivity index (χ1) is 14.7. The molecule has 3 aromatic carbocycles. The fraction of sp³-hybridized carbons (Fsp3) is 0.125. The molecule has 0 atom stereocenters. The summed E-state index contributed by atoms with van der Waals surface area (Å²) in [6, 6.07) is 25.1. The van der Waals surface area contributed by atoms with E-state index >= 15 is 0 Å². The van der Waals surface area contributed by atoms with Crippen molar-refractivity contribution in [2.75, 3.05) is 5.32 Å². The van der Waals surface area contributed by atoms with Gasteiger partial charge in [-0.3, -0.25) is 4.79 Å². The number of carbonyl (C=O) groups excluding carboxylic acids is 1. The predicted molar refractivity (Wildman–Crippen MR) is 116 cm³/mol. The van der Waals surface area contributed by atoms with Gasteiger partial charge in [0.25, 0.3) is 11.8 Å². The van der Waals surface area contributed by atoms with E-state index in [1.165, 1.54) is 5.56 Å². The molecule has 0 saturated heterocycles. The molecule has 0 bridgehead atoms. The Bertz CT molecular complexity index is 1120. The number of anilines is 1. The van der Waals surface area contributed by atoms with Crippen molar-refractivity contribution in [3.63, 3.8) is 0 Å². The molecule has 30 heavy (non-hydrogen) atoms. The summed E-state index contributed by atoms with van der Waals surface area (Å²) in [7, 11) is 0. The summed E-state index contributed by atoms with van der Waals surface area (Å²) in [6.45, 7) is 2.86. The Balaban J connectivity index is 1.40. The highest BCUT2D eigenvalue weighted by Crippen LogP contribution is 2.19. The Morgan fingerprint density at radius 2 is 1.63 bits per heavy atom. The number of hydrogen-bond acceptors (Lipinski definition) is 5. The summed E-state index contributed by atoms with van der Waals surface area (Å²) in [5.74, 6) is 0.844. The van der Waals surface area contributed by atoms with Crippen molar-refractivity contribution in [3.8, 4) is 11.5 Å². The Kier molecular flexibility index (Phi) is 5.85. The number of aryl methyl sites for hydroxylation is 1. The maximum Gasteiger partial charge on any atom is 0.257 e. The van der Waals surface area contributed by atoms with Crippen molar-refractivity contribution >= 4 is 11.6 Å². The first-order valence-electron chi connectivity index (χ1n) is 9.74. The van der Waals surface area contributed by atoms with E-state index < -0.39 is 0 Å². The first kappa shape index (κ1) is 19.4. The lowest BCUT2D eigenvalue weighted by molar-refractivity contribution is 0.0951. The molecule has 6 heteroatoms. The quantitative estimate of drug-likeness (QED) is 0.476. The molecule has 0 aliphatic carbocycles. The van der Waals surface area contributed by atoms with Crippen LogP contribution in [0.15, 0.2) is 83.4 Å². The van der Waals surface area contributed by atoms with Crippen molar-refractivity contribution in [1.82, 2.24) is 15.5 Å². The number of hydrogen-bond donors (Lipinski definition) is 2. The van der Waals surface area contributed by atoms with E-state index in [1.54, 1.807) is 6.07 Å².